The summed E-state index contributed by atoms with van der Waals surface area (Å²) in [5, 5.41) is 2.95. The van der Waals surface area contributed by atoms with E-state index in [0.29, 0.717) is 11.8 Å². The summed E-state index contributed by atoms with van der Waals surface area (Å²) >= 11 is 5.67. The van der Waals surface area contributed by atoms with Gasteiger partial charge in [-0.25, -0.2) is 14.4 Å². The minimum absolute atomic E-state index is 0.361. The number of alkyl halides is 1. The summed E-state index contributed by atoms with van der Waals surface area (Å²) in [5.74, 6) is 0.385. The SMILES string of the molecule is Fc1cnc(Nc2ccc(CCl)cc2)nc1. The molecule has 0 unspecified atom stereocenters. The molecule has 0 atom stereocenters. The van der Waals surface area contributed by atoms with Crippen LogP contribution in [0.1, 0.15) is 5.56 Å². The largest absolute Gasteiger partial charge is 0.324 e. The van der Waals surface area contributed by atoms with Gasteiger partial charge in [0.1, 0.15) is 0 Å². The summed E-state index contributed by atoms with van der Waals surface area (Å²) in [5.41, 5.74) is 1.87. The van der Waals surface area contributed by atoms with Gasteiger partial charge in [0, 0.05) is 11.6 Å². The highest BCUT2D eigenvalue weighted by Gasteiger charge is 1.98. The second-order valence-corrected chi connectivity index (χ2v) is 3.45. The summed E-state index contributed by atoms with van der Waals surface area (Å²) in [6.07, 6.45) is 2.23. The first kappa shape index (κ1) is 10.8. The Morgan fingerprint density at radius 2 is 1.75 bits per heavy atom. The summed E-state index contributed by atoms with van der Waals surface area (Å²) in [6, 6.07) is 7.53. The summed E-state index contributed by atoms with van der Waals surface area (Å²) in [6.45, 7) is 0. The maximum atomic E-state index is 12.6. The van der Waals surface area contributed by atoms with E-state index in [1.54, 1.807) is 0 Å². The molecule has 82 valence electrons. The number of rotatable bonds is 3. The minimum Gasteiger partial charge on any atom is -0.324 e. The van der Waals surface area contributed by atoms with Crippen LogP contribution < -0.4 is 5.32 Å². The Bertz CT molecular complexity index is 456. The van der Waals surface area contributed by atoms with Crippen LogP contribution in [0.25, 0.3) is 0 Å². The molecule has 0 aliphatic rings. The quantitative estimate of drug-likeness (QED) is 0.834. The lowest BCUT2D eigenvalue weighted by molar-refractivity contribution is 0.614. The van der Waals surface area contributed by atoms with Gasteiger partial charge in [0.15, 0.2) is 5.82 Å². The maximum Gasteiger partial charge on any atom is 0.227 e. The van der Waals surface area contributed by atoms with Crippen molar-refractivity contribution in [1.29, 1.82) is 0 Å². The molecule has 0 aliphatic carbocycles. The third kappa shape index (κ3) is 2.67. The monoisotopic (exact) mass is 237 g/mol. The average molecular weight is 238 g/mol. The molecule has 5 heteroatoms. The van der Waals surface area contributed by atoms with Crippen LogP contribution in [0.15, 0.2) is 36.7 Å². The first-order valence-corrected chi connectivity index (χ1v) is 5.21. The van der Waals surface area contributed by atoms with Gasteiger partial charge in [0.25, 0.3) is 0 Å². The molecular weight excluding hydrogens is 229 g/mol. The lowest BCUT2D eigenvalue weighted by Gasteiger charge is -2.04. The van der Waals surface area contributed by atoms with Crippen LogP contribution >= 0.6 is 11.6 Å². The van der Waals surface area contributed by atoms with E-state index in [9.17, 15) is 4.39 Å². The Morgan fingerprint density at radius 1 is 1.12 bits per heavy atom. The van der Waals surface area contributed by atoms with Crippen molar-refractivity contribution in [2.24, 2.45) is 0 Å². The topological polar surface area (TPSA) is 37.8 Å². The Hall–Kier alpha value is -1.68. The second-order valence-electron chi connectivity index (χ2n) is 3.18. The number of hydrogen-bond donors (Lipinski definition) is 1. The molecule has 2 aromatic rings. The molecule has 0 saturated heterocycles. The molecule has 3 nitrogen and oxygen atoms in total. The zero-order chi connectivity index (χ0) is 11.4. The molecular formula is C11H9ClFN3. The smallest absolute Gasteiger partial charge is 0.227 e. The van der Waals surface area contributed by atoms with Gasteiger partial charge in [-0.05, 0) is 17.7 Å². The van der Waals surface area contributed by atoms with Gasteiger partial charge in [-0.3, -0.25) is 0 Å². The number of nitrogens with zero attached hydrogens (tertiary/aromatic N) is 2. The van der Waals surface area contributed by atoms with Crippen molar-refractivity contribution in [3.8, 4) is 0 Å². The van der Waals surface area contributed by atoms with E-state index < -0.39 is 5.82 Å². The Kier molecular flexibility index (Phi) is 3.31. The van der Waals surface area contributed by atoms with Crippen molar-refractivity contribution >= 4 is 23.2 Å². The maximum absolute atomic E-state index is 12.6. The molecule has 0 saturated carbocycles. The van der Waals surface area contributed by atoms with Crippen LogP contribution in [0.4, 0.5) is 16.0 Å². The summed E-state index contributed by atoms with van der Waals surface area (Å²) in [7, 11) is 0. The van der Waals surface area contributed by atoms with Crippen LogP contribution in [0, 0.1) is 5.82 Å². The molecule has 2 rings (SSSR count). The lowest BCUT2D eigenvalue weighted by atomic mass is 10.2. The zero-order valence-electron chi connectivity index (χ0n) is 8.32. The molecule has 1 aromatic heterocycles. The van der Waals surface area contributed by atoms with E-state index in [-0.39, 0.29) is 0 Å². The van der Waals surface area contributed by atoms with Crippen molar-refractivity contribution in [3.63, 3.8) is 0 Å². The number of aromatic nitrogens is 2. The Labute approximate surface area is 97.3 Å². The highest BCUT2D eigenvalue weighted by atomic mass is 35.5. The molecule has 0 bridgehead atoms. The molecule has 1 aromatic carbocycles. The third-order valence-electron chi connectivity index (χ3n) is 1.98. The van der Waals surface area contributed by atoms with Gasteiger partial charge in [-0.2, -0.15) is 0 Å². The highest BCUT2D eigenvalue weighted by Crippen LogP contribution is 2.14. The first-order valence-electron chi connectivity index (χ1n) is 4.67. The number of anilines is 2. The number of halogens is 2. The fourth-order valence-corrected chi connectivity index (χ4v) is 1.36. The van der Waals surface area contributed by atoms with E-state index >= 15 is 0 Å². The predicted octanol–water partition coefficient (Wildman–Crippen LogP) is 3.10. The molecule has 0 fully saturated rings. The van der Waals surface area contributed by atoms with Crippen molar-refractivity contribution in [3.05, 3.63) is 48.0 Å². The van der Waals surface area contributed by atoms with Gasteiger partial charge in [0.2, 0.25) is 5.95 Å². The molecule has 16 heavy (non-hydrogen) atoms. The van der Waals surface area contributed by atoms with Crippen LogP contribution in [0.2, 0.25) is 0 Å². The van der Waals surface area contributed by atoms with Gasteiger partial charge in [-0.15, -0.1) is 11.6 Å². The minimum atomic E-state index is -0.456. The lowest BCUT2D eigenvalue weighted by Crippen LogP contribution is -1.96. The zero-order valence-corrected chi connectivity index (χ0v) is 9.08. The molecule has 0 spiro atoms. The summed E-state index contributed by atoms with van der Waals surface area (Å²) < 4.78 is 12.6. The molecule has 0 aliphatic heterocycles. The Balaban J connectivity index is 2.11. The third-order valence-corrected chi connectivity index (χ3v) is 2.29. The fraction of sp³-hybridized carbons (Fsp3) is 0.0909. The van der Waals surface area contributed by atoms with E-state index in [1.165, 1.54) is 0 Å². The van der Waals surface area contributed by atoms with Gasteiger partial charge < -0.3 is 5.32 Å². The molecule has 1 heterocycles. The van der Waals surface area contributed by atoms with E-state index in [4.69, 9.17) is 11.6 Å². The molecule has 0 amide bonds. The van der Waals surface area contributed by atoms with Gasteiger partial charge in [-0.1, -0.05) is 12.1 Å². The van der Waals surface area contributed by atoms with Crippen molar-refractivity contribution in [2.45, 2.75) is 5.88 Å². The van der Waals surface area contributed by atoms with E-state index in [0.717, 1.165) is 23.6 Å². The number of hydrogen-bond acceptors (Lipinski definition) is 3. The van der Waals surface area contributed by atoms with E-state index in [1.807, 2.05) is 24.3 Å². The normalized spacial score (nSPS) is 10.1. The molecule has 1 N–H and O–H groups in total. The van der Waals surface area contributed by atoms with Crippen LogP contribution in [-0.2, 0) is 5.88 Å². The second kappa shape index (κ2) is 4.90. The van der Waals surface area contributed by atoms with E-state index in [2.05, 4.69) is 15.3 Å². The predicted molar refractivity (Wildman–Crippen MR) is 61.3 cm³/mol. The van der Waals surface area contributed by atoms with Crippen LogP contribution in [0.3, 0.4) is 0 Å². The fourth-order valence-electron chi connectivity index (χ4n) is 1.18. The van der Waals surface area contributed by atoms with Crippen molar-refractivity contribution in [1.82, 2.24) is 9.97 Å². The molecule has 0 radical (unpaired) electrons. The highest BCUT2D eigenvalue weighted by molar-refractivity contribution is 6.17. The number of nitrogens with one attached hydrogen (secondary N) is 1. The van der Waals surface area contributed by atoms with Crippen LogP contribution in [-0.4, -0.2) is 9.97 Å². The van der Waals surface area contributed by atoms with Crippen molar-refractivity contribution < 1.29 is 4.39 Å². The average Bonchev–Trinajstić information content (AvgIpc) is 2.33. The summed E-state index contributed by atoms with van der Waals surface area (Å²) in [4.78, 5) is 7.59. The Morgan fingerprint density at radius 3 is 2.31 bits per heavy atom. The first-order chi connectivity index (χ1) is 7.78. The van der Waals surface area contributed by atoms with Crippen molar-refractivity contribution in [2.75, 3.05) is 5.32 Å². The van der Waals surface area contributed by atoms with Gasteiger partial charge >= 0.3 is 0 Å². The van der Waals surface area contributed by atoms with Gasteiger partial charge in [0.05, 0.1) is 12.4 Å². The number of benzene rings is 1. The standard InChI is InChI=1S/C11H9ClFN3/c12-5-8-1-3-10(4-2-8)16-11-14-6-9(13)7-15-11/h1-4,6-7H,5H2,(H,14,15,16). The van der Waals surface area contributed by atoms with Crippen LogP contribution in [0.5, 0.6) is 0 Å².